The number of ether oxygens (including phenoxy) is 2. The second-order valence-electron chi connectivity index (χ2n) is 9.01. The van der Waals surface area contributed by atoms with Crippen LogP contribution in [0.4, 0.5) is 14.6 Å². The number of pyridine rings is 1. The standard InChI is InChI=1S/C24H27F2N9O2/c1-33(2)5-8-37-18-10-20(25)22(21(26)11-18)35-24(30-31-32-35)19-9-15(12-28-23(19)27)16-13-29-34(14-16)17-3-6-36-7-4-17/h9-14,17H,3-8H2,1-2H3,(H2,27,28). The minimum Gasteiger partial charge on any atom is -0.492 e. The smallest absolute Gasteiger partial charge is 0.191 e. The molecule has 13 heteroatoms. The predicted molar refractivity (Wildman–Crippen MR) is 131 cm³/mol. The first-order chi connectivity index (χ1) is 17.9. The summed E-state index contributed by atoms with van der Waals surface area (Å²) in [6.45, 7) is 2.28. The maximum absolute atomic E-state index is 15.1. The molecule has 5 rings (SSSR count). The molecule has 0 spiro atoms. The van der Waals surface area contributed by atoms with Crippen LogP contribution in [-0.2, 0) is 4.74 Å². The van der Waals surface area contributed by atoms with E-state index in [1.54, 1.807) is 18.5 Å². The van der Waals surface area contributed by atoms with Gasteiger partial charge in [-0.1, -0.05) is 0 Å². The molecule has 1 aliphatic rings. The van der Waals surface area contributed by atoms with Gasteiger partial charge in [-0.2, -0.15) is 9.78 Å². The number of hydrogen-bond acceptors (Lipinski definition) is 9. The number of nitrogen functional groups attached to an aromatic ring is 1. The highest BCUT2D eigenvalue weighted by atomic mass is 19.1. The highest BCUT2D eigenvalue weighted by Crippen LogP contribution is 2.32. The molecule has 4 aromatic rings. The van der Waals surface area contributed by atoms with Gasteiger partial charge >= 0.3 is 0 Å². The quantitative estimate of drug-likeness (QED) is 0.380. The Morgan fingerprint density at radius 1 is 1.11 bits per heavy atom. The van der Waals surface area contributed by atoms with Gasteiger partial charge in [0.15, 0.2) is 17.5 Å². The molecule has 37 heavy (non-hydrogen) atoms. The number of tetrazole rings is 1. The zero-order chi connectivity index (χ0) is 25.9. The van der Waals surface area contributed by atoms with Crippen LogP contribution in [0, 0.1) is 11.6 Å². The summed E-state index contributed by atoms with van der Waals surface area (Å²) in [6, 6.07) is 4.19. The molecule has 4 heterocycles. The lowest BCUT2D eigenvalue weighted by molar-refractivity contribution is 0.0662. The number of anilines is 1. The summed E-state index contributed by atoms with van der Waals surface area (Å²) in [4.78, 5) is 6.17. The van der Waals surface area contributed by atoms with Gasteiger partial charge in [0.25, 0.3) is 0 Å². The number of nitrogens with two attached hydrogens (primary N) is 1. The number of aromatic nitrogens is 7. The third kappa shape index (κ3) is 5.27. The molecule has 0 bridgehead atoms. The molecular weight excluding hydrogens is 484 g/mol. The third-order valence-corrected chi connectivity index (χ3v) is 6.14. The van der Waals surface area contributed by atoms with E-state index < -0.39 is 17.3 Å². The number of likely N-dealkylation sites (N-methyl/N-ethyl adjacent to an activating group) is 1. The van der Waals surface area contributed by atoms with Gasteiger partial charge < -0.3 is 20.1 Å². The van der Waals surface area contributed by atoms with Gasteiger partial charge in [0, 0.05) is 55.4 Å². The first kappa shape index (κ1) is 24.7. The Bertz CT molecular complexity index is 1360. The Kier molecular flexibility index (Phi) is 7.06. The van der Waals surface area contributed by atoms with Crippen LogP contribution in [0.2, 0.25) is 0 Å². The van der Waals surface area contributed by atoms with Crippen molar-refractivity contribution < 1.29 is 18.3 Å². The highest BCUT2D eigenvalue weighted by molar-refractivity contribution is 5.76. The van der Waals surface area contributed by atoms with Gasteiger partial charge in [-0.15, -0.1) is 5.10 Å². The van der Waals surface area contributed by atoms with Crippen LogP contribution >= 0.6 is 0 Å². The van der Waals surface area contributed by atoms with E-state index in [0.29, 0.717) is 30.9 Å². The van der Waals surface area contributed by atoms with Crippen molar-refractivity contribution in [1.29, 1.82) is 0 Å². The molecule has 11 nitrogen and oxygen atoms in total. The summed E-state index contributed by atoms with van der Waals surface area (Å²) < 4.78 is 43.9. The molecule has 0 atom stereocenters. The van der Waals surface area contributed by atoms with E-state index in [1.807, 2.05) is 29.9 Å². The van der Waals surface area contributed by atoms with Crippen LogP contribution in [0.5, 0.6) is 5.75 Å². The van der Waals surface area contributed by atoms with Crippen LogP contribution in [0.3, 0.4) is 0 Å². The SMILES string of the molecule is CN(C)CCOc1cc(F)c(-n2nnnc2-c2cc(-c3cnn(C4CCOCC4)c3)cnc2N)c(F)c1. The monoisotopic (exact) mass is 511 g/mol. The van der Waals surface area contributed by atoms with Crippen molar-refractivity contribution in [2.75, 3.05) is 46.2 Å². The van der Waals surface area contributed by atoms with E-state index >= 15 is 8.78 Å². The van der Waals surface area contributed by atoms with E-state index in [9.17, 15) is 0 Å². The predicted octanol–water partition coefficient (Wildman–Crippen LogP) is 2.74. The molecule has 2 N–H and O–H groups in total. The molecule has 1 fully saturated rings. The molecule has 1 saturated heterocycles. The Balaban J connectivity index is 1.45. The number of nitrogens with zero attached hydrogens (tertiary/aromatic N) is 8. The summed E-state index contributed by atoms with van der Waals surface area (Å²) in [5, 5.41) is 16.0. The summed E-state index contributed by atoms with van der Waals surface area (Å²) >= 11 is 0. The molecule has 0 unspecified atom stereocenters. The largest absolute Gasteiger partial charge is 0.492 e. The van der Waals surface area contributed by atoms with E-state index in [4.69, 9.17) is 15.2 Å². The molecular formula is C24H27F2N9O2. The summed E-state index contributed by atoms with van der Waals surface area (Å²) in [6.07, 6.45) is 7.06. The fraction of sp³-hybridized carbons (Fsp3) is 0.375. The lowest BCUT2D eigenvalue weighted by Crippen LogP contribution is -2.19. The first-order valence-electron chi connectivity index (χ1n) is 11.8. The van der Waals surface area contributed by atoms with Gasteiger partial charge in [0.2, 0.25) is 0 Å². The normalized spacial score (nSPS) is 14.4. The molecule has 3 aromatic heterocycles. The average Bonchev–Trinajstić information content (AvgIpc) is 3.55. The second-order valence-corrected chi connectivity index (χ2v) is 9.01. The van der Waals surface area contributed by atoms with Crippen LogP contribution in [0.15, 0.2) is 36.8 Å². The Morgan fingerprint density at radius 3 is 2.59 bits per heavy atom. The van der Waals surface area contributed by atoms with Crippen LogP contribution < -0.4 is 10.5 Å². The van der Waals surface area contributed by atoms with Gasteiger partial charge in [0.05, 0.1) is 17.8 Å². The minimum absolute atomic E-state index is 0.0442. The van der Waals surface area contributed by atoms with Crippen molar-refractivity contribution in [2.45, 2.75) is 18.9 Å². The lowest BCUT2D eigenvalue weighted by Gasteiger charge is -2.22. The zero-order valence-corrected chi connectivity index (χ0v) is 20.5. The fourth-order valence-electron chi connectivity index (χ4n) is 4.13. The topological polar surface area (TPSA) is 122 Å². The summed E-state index contributed by atoms with van der Waals surface area (Å²) in [5.74, 6) is -1.54. The van der Waals surface area contributed by atoms with Gasteiger partial charge in [-0.25, -0.2) is 13.8 Å². The van der Waals surface area contributed by atoms with Crippen molar-refractivity contribution in [3.8, 4) is 34.0 Å². The molecule has 0 radical (unpaired) electrons. The second kappa shape index (κ2) is 10.6. The number of benzene rings is 1. The number of hydrogen-bond donors (Lipinski definition) is 1. The molecule has 194 valence electrons. The maximum atomic E-state index is 15.1. The molecule has 0 aliphatic carbocycles. The van der Waals surface area contributed by atoms with Crippen LogP contribution in [0.1, 0.15) is 18.9 Å². The van der Waals surface area contributed by atoms with Gasteiger partial charge in [0.1, 0.15) is 23.9 Å². The zero-order valence-electron chi connectivity index (χ0n) is 20.5. The minimum atomic E-state index is -0.881. The van der Waals surface area contributed by atoms with Crippen molar-refractivity contribution in [2.24, 2.45) is 0 Å². The lowest BCUT2D eigenvalue weighted by atomic mass is 10.1. The third-order valence-electron chi connectivity index (χ3n) is 6.14. The van der Waals surface area contributed by atoms with E-state index in [0.717, 1.165) is 35.2 Å². The van der Waals surface area contributed by atoms with Crippen molar-refractivity contribution in [3.05, 3.63) is 48.4 Å². The molecule has 1 aliphatic heterocycles. The van der Waals surface area contributed by atoms with Gasteiger partial charge in [-0.3, -0.25) is 4.68 Å². The summed E-state index contributed by atoms with van der Waals surface area (Å²) in [5.41, 5.74) is 7.55. The van der Waals surface area contributed by atoms with E-state index in [2.05, 4.69) is 25.6 Å². The highest BCUT2D eigenvalue weighted by Gasteiger charge is 2.23. The molecule has 0 saturated carbocycles. The van der Waals surface area contributed by atoms with E-state index in [1.165, 1.54) is 0 Å². The molecule has 0 amide bonds. The Morgan fingerprint density at radius 2 is 1.86 bits per heavy atom. The van der Waals surface area contributed by atoms with Gasteiger partial charge in [-0.05, 0) is 43.4 Å². The maximum Gasteiger partial charge on any atom is 0.191 e. The Labute approximate surface area is 211 Å². The van der Waals surface area contributed by atoms with Crippen LogP contribution in [0.25, 0.3) is 28.2 Å². The van der Waals surface area contributed by atoms with Crippen molar-refractivity contribution in [1.82, 2.24) is 39.9 Å². The molecule has 1 aromatic carbocycles. The number of halogens is 2. The Hall–Kier alpha value is -3.97. The summed E-state index contributed by atoms with van der Waals surface area (Å²) in [7, 11) is 3.75. The van der Waals surface area contributed by atoms with E-state index in [-0.39, 0.29) is 30.0 Å². The van der Waals surface area contributed by atoms with Crippen LogP contribution in [-0.4, -0.2) is 80.3 Å². The average molecular weight is 512 g/mol. The first-order valence-corrected chi connectivity index (χ1v) is 11.8. The van der Waals surface area contributed by atoms with Crippen molar-refractivity contribution in [3.63, 3.8) is 0 Å². The number of rotatable bonds is 8. The fourth-order valence-corrected chi connectivity index (χ4v) is 4.13. The van der Waals surface area contributed by atoms with Crippen molar-refractivity contribution >= 4 is 5.82 Å².